The quantitative estimate of drug-likeness (QED) is 0.0399. The zero-order valence-electron chi connectivity index (χ0n) is 76.7. The molecule has 0 amide bonds. The molecule has 0 saturated carbocycles. The van der Waals surface area contributed by atoms with Crippen molar-refractivity contribution in [3.05, 3.63) is 458 Å². The number of unbranched alkanes of at least 4 members (excludes halogenated alkanes) is 3. The fourth-order valence-corrected chi connectivity index (χ4v) is 50.0. The summed E-state index contributed by atoms with van der Waals surface area (Å²) in [6.07, 6.45) is 14.2. The first-order chi connectivity index (χ1) is 65.5. The number of ether oxygens (including phenoxy) is 2. The van der Waals surface area contributed by atoms with E-state index in [1.165, 1.54) is 157 Å². The number of hydrogen-bond acceptors (Lipinski definition) is 10. The third-order valence-electron chi connectivity index (χ3n) is 22.2. The maximum Gasteiger partial charge on any atom is 0.213 e. The van der Waals surface area contributed by atoms with Crippen LogP contribution in [-0.4, -0.2) is 47.5 Å². The summed E-state index contributed by atoms with van der Waals surface area (Å²) in [5, 5.41) is 20.4. The molecule has 0 aliphatic heterocycles. The molecule has 0 radical (unpaired) electrons. The molecule has 0 aliphatic carbocycles. The number of methoxy groups -OCH3 is 2. The summed E-state index contributed by atoms with van der Waals surface area (Å²) in [5.74, 6) is 1.32. The Morgan fingerprint density at radius 1 is 0.269 bits per heavy atom. The predicted octanol–water partition coefficient (Wildman–Crippen LogP) is 29.6. The minimum absolute atomic E-state index is 0. The largest absolute Gasteiger partial charge is 0.481 e. The van der Waals surface area contributed by atoms with E-state index in [-0.39, 0.29) is 20.4 Å². The van der Waals surface area contributed by atoms with Gasteiger partial charge >= 0.3 is 129 Å². The Bertz CT molecular complexity index is 5880. The van der Waals surface area contributed by atoms with Crippen molar-refractivity contribution in [2.75, 3.05) is 14.2 Å². The number of aromatic nitrogens is 3. The molecule has 12 aromatic carbocycles. The van der Waals surface area contributed by atoms with E-state index in [4.69, 9.17) is 9.47 Å². The standard InChI is InChI=1S/C20H14N2OS3.4C18H15P.C8H6BrNOS.C5H5S.3C4H9.Pd.Sn/c1-11-5-12-6-16(25-18(12)9-21-11)14-3-4-15(24-14)17-7-13-8-20(23-2)22-10-19(13)26-17;4*1-4-10-16(11-5-1)19(17-12-6-2-7-13-17)18-14-8-3-9-15-18;1-11-8-3-5-2-7(9)12-6(5)4-10-8;1-5-3-2-4-6-5;3*1-3-4-2;;/h3-10H,1-2H3;4*1-15H;2-4H,1H3;2-3H,1H3;3*1,3-4H2,2H3;;. The number of nitrogens with zero attached hydrogens (tertiary/aromatic N) is 3. The zero-order chi connectivity index (χ0) is 92.0. The monoisotopic (exact) mass is 2180 g/mol. The van der Waals surface area contributed by atoms with Crippen molar-refractivity contribution >= 4 is 219 Å². The van der Waals surface area contributed by atoms with Crippen LogP contribution in [0.1, 0.15) is 69.9 Å². The number of halogens is 1. The number of thiophene rings is 5. The van der Waals surface area contributed by atoms with Gasteiger partial charge in [0, 0.05) is 87.1 Å². The summed E-state index contributed by atoms with van der Waals surface area (Å²) in [7, 11) is 1.48. The molecule has 20 rings (SSSR count). The third kappa shape index (κ3) is 29.3. The van der Waals surface area contributed by atoms with Crippen LogP contribution in [0.2, 0.25) is 13.3 Å². The smallest absolute Gasteiger partial charge is 0.213 e. The van der Waals surface area contributed by atoms with E-state index in [1.807, 2.05) is 51.9 Å². The van der Waals surface area contributed by atoms with Gasteiger partial charge < -0.3 is 9.47 Å². The Labute approximate surface area is 845 Å². The maximum absolute atomic E-state index is 5.23. The number of benzene rings is 12. The van der Waals surface area contributed by atoms with Crippen molar-refractivity contribution in [3.8, 4) is 31.3 Å². The first kappa shape index (κ1) is 102. The van der Waals surface area contributed by atoms with Gasteiger partial charge in [0.25, 0.3) is 0 Å². The van der Waals surface area contributed by atoms with Crippen LogP contribution in [0.4, 0.5) is 0 Å². The topological polar surface area (TPSA) is 57.1 Å². The second-order valence-corrected chi connectivity index (χ2v) is 61.7. The normalized spacial score (nSPS) is 10.9. The fourth-order valence-electron chi connectivity index (χ4n) is 15.7. The van der Waals surface area contributed by atoms with Crippen LogP contribution in [-0.2, 0) is 20.4 Å². The average Bonchev–Trinajstić information content (AvgIpc) is 1.66. The van der Waals surface area contributed by atoms with Crippen LogP contribution in [0.25, 0.3) is 49.8 Å². The first-order valence-corrected chi connectivity index (χ1v) is 63.1. The minimum atomic E-state index is -2.06. The summed E-state index contributed by atoms with van der Waals surface area (Å²) in [6, 6.07) is 151. The Balaban J connectivity index is 0.000000133. The third-order valence-corrected chi connectivity index (χ3v) is 56.5. The van der Waals surface area contributed by atoms with Crippen molar-refractivity contribution in [2.45, 2.75) is 86.5 Å². The summed E-state index contributed by atoms with van der Waals surface area (Å²) < 4.78 is 21.6. The van der Waals surface area contributed by atoms with E-state index in [9.17, 15) is 0 Å². The molecule has 0 atom stereocenters. The van der Waals surface area contributed by atoms with Gasteiger partial charge in [-0.25, -0.2) is 9.97 Å². The van der Waals surface area contributed by atoms with Crippen LogP contribution in [0.5, 0.6) is 11.8 Å². The summed E-state index contributed by atoms with van der Waals surface area (Å²) in [4.78, 5) is 19.5. The molecule has 8 heterocycles. The molecule has 8 aromatic heterocycles. The van der Waals surface area contributed by atoms with Gasteiger partial charge in [0.05, 0.1) is 32.1 Å². The van der Waals surface area contributed by atoms with E-state index in [0.29, 0.717) is 11.8 Å². The second-order valence-electron chi connectivity index (χ2n) is 31.7. The van der Waals surface area contributed by atoms with Gasteiger partial charge in [-0.2, -0.15) is 0 Å². The number of rotatable bonds is 26. The SMILES string of the molecule is CCC[CH2][Sn]([CH2]CCC)([CH2]CCC)[c]1ccc(C)s1.COc1cc2cc(-c3ccc(-c4cc5cc(C)ncc5s4)s3)sc2cn1.COc1cc2cc(Br)sc2cn1.[Pd].c1ccc(P(c2ccccc2)c2ccccc2)cc1.c1ccc(P(c2ccccc2)c2ccccc2)cc1.c1ccc(P(c2ccccc2)c2ccccc2)cc1.c1ccc(P(c2ccccc2)c2ccccc2)cc1. The molecule has 0 saturated heterocycles. The van der Waals surface area contributed by atoms with Crippen LogP contribution in [0, 0.1) is 13.8 Å². The first-order valence-electron chi connectivity index (χ1n) is 45.3. The second kappa shape index (κ2) is 54.5. The summed E-state index contributed by atoms with van der Waals surface area (Å²) >= 11 is 10.6. The fraction of sp³-hybridized carbons (Fsp3) is 0.137. The number of hydrogen-bond donors (Lipinski definition) is 0. The number of aryl methyl sites for hydroxylation is 2. The van der Waals surface area contributed by atoms with Crippen LogP contribution in [0.15, 0.2) is 447 Å². The van der Waals surface area contributed by atoms with Gasteiger partial charge in [-0.05, 0) is 160 Å². The van der Waals surface area contributed by atoms with Gasteiger partial charge in [-0.1, -0.05) is 364 Å². The number of pyridine rings is 3. The van der Waals surface area contributed by atoms with Gasteiger partial charge in [-0.3, -0.25) is 4.98 Å². The maximum atomic E-state index is 5.23. The predicted molar refractivity (Wildman–Crippen MR) is 601 cm³/mol. The van der Waals surface area contributed by atoms with Crippen molar-refractivity contribution in [1.29, 1.82) is 0 Å². The molecule has 0 bridgehead atoms. The molecule has 678 valence electrons. The summed E-state index contributed by atoms with van der Waals surface area (Å²) in [5.41, 5.74) is 1.06. The molecule has 20 aromatic rings. The van der Waals surface area contributed by atoms with Crippen LogP contribution >= 0.6 is 104 Å². The average molecular weight is 2180 g/mol. The van der Waals surface area contributed by atoms with E-state index < -0.39 is 50.1 Å². The Morgan fingerprint density at radius 2 is 0.515 bits per heavy atom. The number of fused-ring (bicyclic) bond motifs is 3. The van der Waals surface area contributed by atoms with Crippen LogP contribution in [0.3, 0.4) is 0 Å². The molecular weight excluding hydrogens is 2070 g/mol. The van der Waals surface area contributed by atoms with Gasteiger partial charge in [0.15, 0.2) is 0 Å². The molecule has 0 fully saturated rings. The molecule has 0 aliphatic rings. The zero-order valence-corrected chi connectivity index (χ0v) is 90.3. The molecule has 17 heteroatoms. The van der Waals surface area contributed by atoms with Gasteiger partial charge in [0.1, 0.15) is 0 Å². The Morgan fingerprint density at radius 3 is 0.761 bits per heavy atom. The van der Waals surface area contributed by atoms with Gasteiger partial charge in [0.2, 0.25) is 11.8 Å². The molecule has 134 heavy (non-hydrogen) atoms. The van der Waals surface area contributed by atoms with Crippen LogP contribution < -0.4 is 76.0 Å². The minimum Gasteiger partial charge on any atom is -0.481 e. The summed E-state index contributed by atoms with van der Waals surface area (Å²) in [6.45, 7) is 11.4. The van der Waals surface area contributed by atoms with E-state index in [1.54, 1.807) is 61.5 Å². The molecule has 0 unspecified atom stereocenters. The molecule has 0 N–H and O–H groups in total. The molecule has 5 nitrogen and oxygen atoms in total. The molecular formula is C117H112BrN3O2P4PdS5Sn. The Hall–Kier alpha value is -9.37. The van der Waals surface area contributed by atoms with Crippen molar-refractivity contribution in [2.24, 2.45) is 0 Å². The van der Waals surface area contributed by atoms with Gasteiger partial charge in [-0.15, -0.1) is 45.3 Å². The Kier molecular flexibility index (Phi) is 41.5. The van der Waals surface area contributed by atoms with E-state index >= 15 is 0 Å². The van der Waals surface area contributed by atoms with Crippen molar-refractivity contribution in [1.82, 2.24) is 15.0 Å². The van der Waals surface area contributed by atoms with Crippen molar-refractivity contribution in [3.63, 3.8) is 0 Å². The van der Waals surface area contributed by atoms with E-state index in [0.717, 1.165) is 9.48 Å². The molecule has 0 spiro atoms. The van der Waals surface area contributed by atoms with E-state index in [2.05, 4.69) is 482 Å². The van der Waals surface area contributed by atoms with Crippen molar-refractivity contribution < 1.29 is 29.9 Å².